The lowest BCUT2D eigenvalue weighted by atomic mass is 10.2. The van der Waals surface area contributed by atoms with Crippen LogP contribution >= 0.6 is 34.9 Å². The van der Waals surface area contributed by atoms with E-state index in [4.69, 9.17) is 28.3 Å². The number of anilines is 2. The summed E-state index contributed by atoms with van der Waals surface area (Å²) in [6.07, 6.45) is 0. The van der Waals surface area contributed by atoms with Gasteiger partial charge in [-0.25, -0.2) is 4.79 Å². The maximum absolute atomic E-state index is 10.7. The first kappa shape index (κ1) is 13.9. The number of carboxylic acid groups (broad SMARTS) is 1. The van der Waals surface area contributed by atoms with E-state index < -0.39 is 5.97 Å². The molecule has 2 aromatic heterocycles. The molecular formula is C11H5Cl2N5O2S. The summed E-state index contributed by atoms with van der Waals surface area (Å²) in [5.74, 6) is -0.816. The first-order chi connectivity index (χ1) is 10.1. The normalized spacial score (nSPS) is 10.8. The van der Waals surface area contributed by atoms with Crippen molar-refractivity contribution in [1.29, 1.82) is 0 Å². The molecule has 0 saturated carbocycles. The fraction of sp³-hybridized carbons (Fsp3) is 0. The van der Waals surface area contributed by atoms with E-state index in [0.717, 1.165) is 11.7 Å². The number of nitrogens with zero attached hydrogens (tertiary/aromatic N) is 4. The zero-order valence-corrected chi connectivity index (χ0v) is 12.4. The van der Waals surface area contributed by atoms with Crippen LogP contribution in [0.25, 0.3) is 11.0 Å². The second kappa shape index (κ2) is 5.40. The molecule has 2 N–H and O–H groups in total. The SMILES string of the molecule is O=C(O)c1ccc(Nc2c(Cl)cc(Cl)c3nsnc23)nn1. The molecule has 0 bridgehead atoms. The third-order valence-corrected chi connectivity index (χ3v) is 3.70. The van der Waals surface area contributed by atoms with Crippen LogP contribution < -0.4 is 5.32 Å². The Morgan fingerprint density at radius 2 is 1.90 bits per heavy atom. The molecule has 0 amide bonds. The summed E-state index contributed by atoms with van der Waals surface area (Å²) >= 11 is 13.2. The summed E-state index contributed by atoms with van der Waals surface area (Å²) in [4.78, 5) is 10.7. The summed E-state index contributed by atoms with van der Waals surface area (Å²) in [5, 5.41) is 19.8. The Morgan fingerprint density at radius 1 is 1.14 bits per heavy atom. The lowest BCUT2D eigenvalue weighted by molar-refractivity contribution is 0.0689. The van der Waals surface area contributed by atoms with Crippen molar-refractivity contribution < 1.29 is 9.90 Å². The van der Waals surface area contributed by atoms with Crippen molar-refractivity contribution in [2.24, 2.45) is 0 Å². The second-order valence-electron chi connectivity index (χ2n) is 3.91. The number of aromatic carboxylic acids is 1. The van der Waals surface area contributed by atoms with Crippen molar-refractivity contribution in [2.45, 2.75) is 0 Å². The van der Waals surface area contributed by atoms with Crippen LogP contribution in [0.15, 0.2) is 18.2 Å². The van der Waals surface area contributed by atoms with Crippen molar-refractivity contribution in [2.75, 3.05) is 5.32 Å². The highest BCUT2D eigenvalue weighted by atomic mass is 35.5. The van der Waals surface area contributed by atoms with Gasteiger partial charge in [0.25, 0.3) is 0 Å². The van der Waals surface area contributed by atoms with Crippen molar-refractivity contribution in [3.8, 4) is 0 Å². The molecule has 3 rings (SSSR count). The molecule has 0 aliphatic carbocycles. The van der Waals surface area contributed by atoms with Crippen LogP contribution in [0.1, 0.15) is 10.5 Å². The number of aromatic nitrogens is 4. The third kappa shape index (κ3) is 2.60. The first-order valence-corrected chi connectivity index (χ1v) is 6.99. The van der Waals surface area contributed by atoms with Gasteiger partial charge in [-0.15, -0.1) is 10.2 Å². The highest BCUT2D eigenvalue weighted by molar-refractivity contribution is 7.00. The van der Waals surface area contributed by atoms with E-state index in [2.05, 4.69) is 24.3 Å². The maximum atomic E-state index is 10.7. The van der Waals surface area contributed by atoms with E-state index in [-0.39, 0.29) is 5.69 Å². The largest absolute Gasteiger partial charge is 0.476 e. The average molecular weight is 342 g/mol. The molecule has 106 valence electrons. The molecule has 10 heteroatoms. The van der Waals surface area contributed by atoms with Gasteiger partial charge >= 0.3 is 5.97 Å². The molecular weight excluding hydrogens is 337 g/mol. The number of rotatable bonds is 3. The molecule has 7 nitrogen and oxygen atoms in total. The molecule has 21 heavy (non-hydrogen) atoms. The van der Waals surface area contributed by atoms with Crippen molar-refractivity contribution >= 4 is 63.4 Å². The van der Waals surface area contributed by atoms with Gasteiger partial charge < -0.3 is 10.4 Å². The minimum Gasteiger partial charge on any atom is -0.476 e. The predicted octanol–water partition coefficient (Wildman–Crippen LogP) is 3.23. The Hall–Kier alpha value is -2.03. The molecule has 3 aromatic rings. The van der Waals surface area contributed by atoms with Gasteiger partial charge in [0.05, 0.1) is 27.5 Å². The van der Waals surface area contributed by atoms with Gasteiger partial charge in [-0.1, -0.05) is 23.2 Å². The minimum atomic E-state index is -1.15. The molecule has 0 unspecified atom stereocenters. The molecule has 0 radical (unpaired) electrons. The Labute approximate surface area is 131 Å². The van der Waals surface area contributed by atoms with E-state index >= 15 is 0 Å². The molecule has 0 fully saturated rings. The highest BCUT2D eigenvalue weighted by Crippen LogP contribution is 2.36. The Kier molecular flexibility index (Phi) is 3.58. The zero-order chi connectivity index (χ0) is 15.0. The Bertz CT molecular complexity index is 836. The van der Waals surface area contributed by atoms with Crippen LogP contribution in [0.4, 0.5) is 11.5 Å². The van der Waals surface area contributed by atoms with Crippen LogP contribution in [0.3, 0.4) is 0 Å². The molecule has 0 spiro atoms. The summed E-state index contributed by atoms with van der Waals surface area (Å²) in [6.45, 7) is 0. The van der Waals surface area contributed by atoms with Crippen LogP contribution in [0, 0.1) is 0 Å². The molecule has 2 heterocycles. The van der Waals surface area contributed by atoms with Gasteiger partial charge in [-0.2, -0.15) is 8.75 Å². The quantitative estimate of drug-likeness (QED) is 0.753. The lowest BCUT2D eigenvalue weighted by Gasteiger charge is -2.08. The summed E-state index contributed by atoms with van der Waals surface area (Å²) in [6, 6.07) is 4.36. The topological polar surface area (TPSA) is 101 Å². The Morgan fingerprint density at radius 3 is 2.57 bits per heavy atom. The summed E-state index contributed by atoms with van der Waals surface area (Å²) < 4.78 is 8.22. The summed E-state index contributed by atoms with van der Waals surface area (Å²) in [5.41, 5.74) is 1.38. The third-order valence-electron chi connectivity index (χ3n) is 2.58. The standard InChI is InChI=1S/C11H5Cl2N5O2S/c12-4-3-5(13)9-10(18-21-17-9)8(4)14-7-2-1-6(11(19)20)15-16-7/h1-3H,(H,14,16)(H,19,20). The van der Waals surface area contributed by atoms with Gasteiger partial charge in [0.2, 0.25) is 0 Å². The second-order valence-corrected chi connectivity index (χ2v) is 5.25. The van der Waals surface area contributed by atoms with Crippen LogP contribution in [0.2, 0.25) is 10.0 Å². The molecule has 0 atom stereocenters. The van der Waals surface area contributed by atoms with Crippen molar-refractivity contribution in [3.05, 3.63) is 33.9 Å². The smallest absolute Gasteiger partial charge is 0.356 e. The number of nitrogens with one attached hydrogen (secondary N) is 1. The molecule has 0 aliphatic heterocycles. The van der Waals surface area contributed by atoms with Crippen molar-refractivity contribution in [1.82, 2.24) is 18.9 Å². The van der Waals surface area contributed by atoms with Gasteiger partial charge in [0.15, 0.2) is 11.5 Å². The van der Waals surface area contributed by atoms with E-state index in [1.807, 2.05) is 0 Å². The van der Waals surface area contributed by atoms with Crippen LogP contribution in [0.5, 0.6) is 0 Å². The number of carboxylic acids is 1. The number of benzene rings is 1. The molecule has 0 saturated heterocycles. The fourth-order valence-electron chi connectivity index (χ4n) is 1.63. The lowest BCUT2D eigenvalue weighted by Crippen LogP contribution is -2.04. The summed E-state index contributed by atoms with van der Waals surface area (Å²) in [7, 11) is 0. The monoisotopic (exact) mass is 341 g/mol. The van der Waals surface area contributed by atoms with E-state index in [1.54, 1.807) is 6.07 Å². The van der Waals surface area contributed by atoms with E-state index in [1.165, 1.54) is 12.1 Å². The van der Waals surface area contributed by atoms with E-state index in [0.29, 0.717) is 32.6 Å². The van der Waals surface area contributed by atoms with Gasteiger partial charge in [0, 0.05) is 0 Å². The number of hydrogen-bond donors (Lipinski definition) is 2. The number of fused-ring (bicyclic) bond motifs is 1. The van der Waals surface area contributed by atoms with Crippen molar-refractivity contribution in [3.63, 3.8) is 0 Å². The number of carbonyl (C=O) groups is 1. The van der Waals surface area contributed by atoms with Crippen LogP contribution in [-0.4, -0.2) is 30.0 Å². The minimum absolute atomic E-state index is 0.150. The zero-order valence-electron chi connectivity index (χ0n) is 10.0. The van der Waals surface area contributed by atoms with Gasteiger partial charge in [-0.3, -0.25) is 0 Å². The predicted molar refractivity (Wildman–Crippen MR) is 79.7 cm³/mol. The average Bonchev–Trinajstić information content (AvgIpc) is 2.93. The molecule has 1 aromatic carbocycles. The first-order valence-electron chi connectivity index (χ1n) is 5.50. The van der Waals surface area contributed by atoms with E-state index in [9.17, 15) is 4.79 Å². The fourth-order valence-corrected chi connectivity index (χ4v) is 2.79. The van der Waals surface area contributed by atoms with Gasteiger partial charge in [0.1, 0.15) is 11.0 Å². The maximum Gasteiger partial charge on any atom is 0.356 e. The highest BCUT2D eigenvalue weighted by Gasteiger charge is 2.15. The van der Waals surface area contributed by atoms with Crippen LogP contribution in [-0.2, 0) is 0 Å². The van der Waals surface area contributed by atoms with Gasteiger partial charge in [-0.05, 0) is 18.2 Å². The Balaban J connectivity index is 2.01. The number of halogens is 2. The number of hydrogen-bond acceptors (Lipinski definition) is 7. The molecule has 0 aliphatic rings.